The van der Waals surface area contributed by atoms with Crippen molar-refractivity contribution >= 4 is 34.3 Å². The van der Waals surface area contributed by atoms with Gasteiger partial charge in [-0.3, -0.25) is 4.79 Å². The van der Waals surface area contributed by atoms with Crippen LogP contribution in [0.5, 0.6) is 0 Å². The van der Waals surface area contributed by atoms with Crippen LogP contribution in [0.25, 0.3) is 10.9 Å². The van der Waals surface area contributed by atoms with Crippen molar-refractivity contribution in [1.82, 2.24) is 9.97 Å². The van der Waals surface area contributed by atoms with Crippen molar-refractivity contribution in [1.29, 1.82) is 0 Å². The van der Waals surface area contributed by atoms with E-state index in [-0.39, 0.29) is 10.8 Å². The first-order valence-corrected chi connectivity index (χ1v) is 8.42. The van der Waals surface area contributed by atoms with E-state index in [2.05, 4.69) is 16.9 Å². The summed E-state index contributed by atoms with van der Waals surface area (Å²) >= 11 is 7.91. The first-order chi connectivity index (χ1) is 10.6. The van der Waals surface area contributed by atoms with E-state index in [9.17, 15) is 4.79 Å². The summed E-state index contributed by atoms with van der Waals surface area (Å²) < 4.78 is 0. The smallest absolute Gasteiger partial charge is 0.258 e. The van der Waals surface area contributed by atoms with Crippen molar-refractivity contribution in [2.75, 3.05) is 0 Å². The molecule has 3 aromatic rings. The number of benzene rings is 2. The zero-order valence-corrected chi connectivity index (χ0v) is 13.6. The number of aromatic nitrogens is 2. The number of hydrogen-bond acceptors (Lipinski definition) is 3. The van der Waals surface area contributed by atoms with Gasteiger partial charge in [0.15, 0.2) is 0 Å². The minimum Gasteiger partial charge on any atom is -0.309 e. The Morgan fingerprint density at radius 1 is 1.18 bits per heavy atom. The van der Waals surface area contributed by atoms with Crippen molar-refractivity contribution in [3.63, 3.8) is 0 Å². The molecule has 0 spiro atoms. The van der Waals surface area contributed by atoms with Crippen molar-refractivity contribution < 1.29 is 0 Å². The van der Waals surface area contributed by atoms with E-state index < -0.39 is 0 Å². The molecule has 0 bridgehead atoms. The summed E-state index contributed by atoms with van der Waals surface area (Å²) in [7, 11) is 0. The molecule has 0 aliphatic heterocycles. The van der Waals surface area contributed by atoms with Crippen LogP contribution in [0, 0.1) is 0 Å². The molecule has 0 aliphatic rings. The second kappa shape index (κ2) is 6.55. The van der Waals surface area contributed by atoms with Crippen LogP contribution < -0.4 is 5.56 Å². The van der Waals surface area contributed by atoms with Gasteiger partial charge in [0.2, 0.25) is 0 Å². The van der Waals surface area contributed by atoms with E-state index in [1.807, 2.05) is 42.5 Å². The number of thioether (sulfide) groups is 1. The number of nitrogens with zero attached hydrogens (tertiary/aromatic N) is 1. The van der Waals surface area contributed by atoms with Gasteiger partial charge < -0.3 is 4.98 Å². The monoisotopic (exact) mass is 330 g/mol. The van der Waals surface area contributed by atoms with Gasteiger partial charge in [-0.25, -0.2) is 4.98 Å². The molecular formula is C17H15ClN2OS. The van der Waals surface area contributed by atoms with Crippen LogP contribution in [-0.2, 0) is 5.75 Å². The van der Waals surface area contributed by atoms with Gasteiger partial charge >= 0.3 is 0 Å². The highest BCUT2D eigenvalue weighted by atomic mass is 35.5. The number of rotatable bonds is 4. The van der Waals surface area contributed by atoms with Crippen LogP contribution in [-0.4, -0.2) is 9.97 Å². The maximum Gasteiger partial charge on any atom is 0.258 e. The summed E-state index contributed by atoms with van der Waals surface area (Å²) in [5.41, 5.74) is 1.73. The van der Waals surface area contributed by atoms with Crippen LogP contribution in [0.1, 0.15) is 23.6 Å². The fourth-order valence-electron chi connectivity index (χ4n) is 2.30. The van der Waals surface area contributed by atoms with E-state index in [1.165, 1.54) is 0 Å². The number of aromatic amines is 1. The van der Waals surface area contributed by atoms with E-state index in [0.29, 0.717) is 17.0 Å². The molecule has 22 heavy (non-hydrogen) atoms. The average molecular weight is 331 g/mol. The Morgan fingerprint density at radius 3 is 2.73 bits per heavy atom. The number of fused-ring (bicyclic) bond motifs is 1. The fourth-order valence-corrected chi connectivity index (χ4v) is 3.60. The maximum atomic E-state index is 12.0. The number of hydrogen-bond donors (Lipinski definition) is 1. The first kappa shape index (κ1) is 15.1. The Labute approximate surface area is 137 Å². The molecule has 1 aromatic heterocycles. The molecule has 2 aromatic carbocycles. The maximum absolute atomic E-state index is 12.0. The van der Waals surface area contributed by atoms with Crippen LogP contribution >= 0.6 is 23.4 Å². The normalized spacial score (nSPS) is 12.5. The van der Waals surface area contributed by atoms with Crippen molar-refractivity contribution in [3.8, 4) is 0 Å². The molecule has 0 amide bonds. The minimum absolute atomic E-state index is 0.0911. The predicted molar refractivity (Wildman–Crippen MR) is 93.5 cm³/mol. The van der Waals surface area contributed by atoms with Gasteiger partial charge in [0, 0.05) is 10.3 Å². The van der Waals surface area contributed by atoms with Gasteiger partial charge in [-0.05, 0) is 30.7 Å². The summed E-state index contributed by atoms with van der Waals surface area (Å²) in [5, 5.41) is 1.61. The van der Waals surface area contributed by atoms with Crippen molar-refractivity contribution in [3.05, 3.63) is 75.3 Å². The van der Waals surface area contributed by atoms with Gasteiger partial charge in [0.1, 0.15) is 5.82 Å². The highest BCUT2D eigenvalue weighted by Crippen LogP contribution is 2.34. The molecule has 1 heterocycles. The van der Waals surface area contributed by atoms with E-state index in [0.717, 1.165) is 16.1 Å². The Morgan fingerprint density at radius 2 is 1.91 bits per heavy atom. The van der Waals surface area contributed by atoms with Crippen LogP contribution in [0.2, 0.25) is 5.02 Å². The third-order valence-corrected chi connectivity index (χ3v) is 5.01. The topological polar surface area (TPSA) is 45.8 Å². The average Bonchev–Trinajstić information content (AvgIpc) is 2.53. The quantitative estimate of drug-likeness (QED) is 0.762. The standard InChI is InChI=1S/C17H15ClN2OS/c1-11(12-6-2-4-8-14(12)18)22-10-16-19-15-9-5-3-7-13(15)17(21)20-16/h2-9,11H,10H2,1H3,(H,19,20,21)/t11-/m1/s1. The molecule has 1 atom stereocenters. The number of halogens is 1. The molecule has 0 saturated heterocycles. The lowest BCUT2D eigenvalue weighted by atomic mass is 10.2. The Hall–Kier alpha value is -1.78. The van der Waals surface area contributed by atoms with Crippen LogP contribution in [0.15, 0.2) is 53.3 Å². The summed E-state index contributed by atoms with van der Waals surface area (Å²) in [6.45, 7) is 2.10. The highest BCUT2D eigenvalue weighted by Gasteiger charge is 2.11. The van der Waals surface area contributed by atoms with Crippen molar-refractivity contribution in [2.24, 2.45) is 0 Å². The Kier molecular flexibility index (Phi) is 4.50. The molecule has 0 saturated carbocycles. The van der Waals surface area contributed by atoms with E-state index in [4.69, 9.17) is 11.6 Å². The lowest BCUT2D eigenvalue weighted by Gasteiger charge is -2.13. The van der Waals surface area contributed by atoms with Crippen molar-refractivity contribution in [2.45, 2.75) is 17.9 Å². The predicted octanol–water partition coefficient (Wildman–Crippen LogP) is 4.57. The first-order valence-electron chi connectivity index (χ1n) is 6.99. The van der Waals surface area contributed by atoms with Crippen LogP contribution in [0.3, 0.4) is 0 Å². The molecule has 1 N–H and O–H groups in total. The molecule has 3 rings (SSSR count). The van der Waals surface area contributed by atoms with Gasteiger partial charge in [-0.1, -0.05) is 41.9 Å². The molecule has 3 nitrogen and oxygen atoms in total. The van der Waals surface area contributed by atoms with Gasteiger partial charge in [-0.2, -0.15) is 0 Å². The summed E-state index contributed by atoms with van der Waals surface area (Å²) in [4.78, 5) is 19.4. The number of nitrogens with one attached hydrogen (secondary N) is 1. The van der Waals surface area contributed by atoms with Crippen LogP contribution in [0.4, 0.5) is 0 Å². The highest BCUT2D eigenvalue weighted by molar-refractivity contribution is 7.98. The third-order valence-electron chi connectivity index (χ3n) is 3.48. The Balaban J connectivity index is 1.79. The molecule has 0 fully saturated rings. The molecule has 0 unspecified atom stereocenters. The van der Waals surface area contributed by atoms with Gasteiger partial charge in [0.25, 0.3) is 5.56 Å². The van der Waals surface area contributed by atoms with Gasteiger partial charge in [-0.15, -0.1) is 11.8 Å². The van der Waals surface area contributed by atoms with Gasteiger partial charge in [0.05, 0.1) is 16.7 Å². The zero-order chi connectivity index (χ0) is 15.5. The molecule has 0 aliphatic carbocycles. The summed E-state index contributed by atoms with van der Waals surface area (Å²) in [6, 6.07) is 15.2. The van der Waals surface area contributed by atoms with E-state index in [1.54, 1.807) is 17.8 Å². The second-order valence-corrected chi connectivity index (χ2v) is 6.74. The Bertz CT molecular complexity index is 862. The fraction of sp³-hybridized carbons (Fsp3) is 0.176. The second-order valence-electron chi connectivity index (χ2n) is 5.00. The number of H-pyrrole nitrogens is 1. The molecular weight excluding hydrogens is 316 g/mol. The molecule has 112 valence electrons. The summed E-state index contributed by atoms with van der Waals surface area (Å²) in [5.74, 6) is 1.32. The largest absolute Gasteiger partial charge is 0.309 e. The SMILES string of the molecule is C[C@@H](SCc1nc2ccccc2c(=O)[nH]1)c1ccccc1Cl. The van der Waals surface area contributed by atoms with E-state index >= 15 is 0 Å². The molecule has 0 radical (unpaired) electrons. The minimum atomic E-state index is -0.0911. The number of para-hydroxylation sites is 1. The lowest BCUT2D eigenvalue weighted by Crippen LogP contribution is -2.11. The summed E-state index contributed by atoms with van der Waals surface area (Å²) in [6.07, 6.45) is 0. The zero-order valence-electron chi connectivity index (χ0n) is 12.0. The molecule has 5 heteroatoms. The third kappa shape index (κ3) is 3.18. The lowest BCUT2D eigenvalue weighted by molar-refractivity contribution is 1.02.